The lowest BCUT2D eigenvalue weighted by molar-refractivity contribution is -0.139. The average molecular weight is 335 g/mol. The molecule has 1 heterocycles. The number of carboxylic acids is 1. The monoisotopic (exact) mass is 335 g/mol. The Hall–Kier alpha value is -2.15. The lowest BCUT2D eigenvalue weighted by Crippen LogP contribution is -2.54. The molecular formula is C17H25N3O4. The van der Waals surface area contributed by atoms with Gasteiger partial charge in [-0.3, -0.25) is 14.5 Å². The number of nitrogens with zero attached hydrogens (tertiary/aromatic N) is 2. The van der Waals surface area contributed by atoms with Gasteiger partial charge in [0, 0.05) is 18.3 Å². The first-order valence-corrected chi connectivity index (χ1v) is 8.29. The van der Waals surface area contributed by atoms with Crippen molar-refractivity contribution in [3.8, 4) is 5.75 Å². The molecule has 0 unspecified atom stereocenters. The van der Waals surface area contributed by atoms with E-state index >= 15 is 0 Å². The van der Waals surface area contributed by atoms with E-state index in [-0.39, 0.29) is 36.3 Å². The molecule has 1 amide bonds. The van der Waals surface area contributed by atoms with Crippen LogP contribution in [0.25, 0.3) is 0 Å². The van der Waals surface area contributed by atoms with E-state index in [1.165, 1.54) is 0 Å². The van der Waals surface area contributed by atoms with E-state index in [4.69, 9.17) is 9.84 Å². The number of amides is 1. The van der Waals surface area contributed by atoms with Crippen molar-refractivity contribution in [1.82, 2.24) is 15.2 Å². The van der Waals surface area contributed by atoms with Crippen molar-refractivity contribution in [2.75, 3.05) is 13.1 Å². The molecule has 0 radical (unpaired) electrons. The molecule has 2 rings (SSSR count). The fraction of sp³-hybridized carbons (Fsp3) is 0.588. The molecular weight excluding hydrogens is 310 g/mol. The van der Waals surface area contributed by atoms with Gasteiger partial charge in [0.1, 0.15) is 0 Å². The van der Waals surface area contributed by atoms with Crippen molar-refractivity contribution in [3.05, 3.63) is 24.0 Å². The molecule has 1 fully saturated rings. The second-order valence-electron chi connectivity index (χ2n) is 6.27. The molecule has 0 atom stereocenters. The Bertz CT molecular complexity index is 585. The van der Waals surface area contributed by atoms with Crippen molar-refractivity contribution >= 4 is 11.9 Å². The third-order valence-corrected chi connectivity index (χ3v) is 4.06. The average Bonchev–Trinajstić information content (AvgIpc) is 2.48. The summed E-state index contributed by atoms with van der Waals surface area (Å²) in [6.07, 6.45) is 3.03. The zero-order valence-corrected chi connectivity index (χ0v) is 14.4. The number of aromatic nitrogens is 1. The summed E-state index contributed by atoms with van der Waals surface area (Å²) < 4.78 is 5.62. The highest BCUT2D eigenvalue weighted by atomic mass is 16.5. The minimum atomic E-state index is -0.826. The number of pyridine rings is 1. The van der Waals surface area contributed by atoms with E-state index < -0.39 is 5.97 Å². The molecule has 1 aliphatic carbocycles. The summed E-state index contributed by atoms with van der Waals surface area (Å²) in [5.41, 5.74) is 0.285. The summed E-state index contributed by atoms with van der Waals surface area (Å²) in [7, 11) is 0. The van der Waals surface area contributed by atoms with E-state index in [2.05, 4.69) is 10.3 Å². The number of ether oxygens (including phenoxy) is 1. The van der Waals surface area contributed by atoms with Gasteiger partial charge in [0.2, 0.25) is 0 Å². The maximum absolute atomic E-state index is 12.4. The number of hydrogen-bond donors (Lipinski definition) is 2. The standard InChI is InChI=1S/C17H25N3O4/c1-4-20(10-15(21)22)13-8-12(9-13)19-17(23)16-14(24-11(2)3)6-5-7-18-16/h5-7,11-13H,4,8-10H2,1-3H3,(H,19,23)(H,21,22). The van der Waals surface area contributed by atoms with Gasteiger partial charge in [-0.2, -0.15) is 0 Å². The molecule has 0 aliphatic heterocycles. The number of hydrogen-bond acceptors (Lipinski definition) is 5. The second-order valence-corrected chi connectivity index (χ2v) is 6.27. The summed E-state index contributed by atoms with van der Waals surface area (Å²) in [5, 5.41) is 11.9. The SMILES string of the molecule is CCN(CC(=O)O)C1CC(NC(=O)c2ncccc2OC(C)C)C1. The highest BCUT2D eigenvalue weighted by Gasteiger charge is 2.35. The maximum atomic E-state index is 12.4. The molecule has 2 N–H and O–H groups in total. The van der Waals surface area contributed by atoms with Crippen molar-refractivity contribution in [2.24, 2.45) is 0 Å². The Morgan fingerprint density at radius 1 is 1.46 bits per heavy atom. The number of carbonyl (C=O) groups excluding carboxylic acids is 1. The molecule has 24 heavy (non-hydrogen) atoms. The lowest BCUT2D eigenvalue weighted by Gasteiger charge is -2.42. The van der Waals surface area contributed by atoms with Gasteiger partial charge in [0.15, 0.2) is 11.4 Å². The van der Waals surface area contributed by atoms with Crippen LogP contribution in [0.5, 0.6) is 5.75 Å². The Balaban J connectivity index is 1.90. The molecule has 1 saturated carbocycles. The van der Waals surface area contributed by atoms with Gasteiger partial charge in [-0.25, -0.2) is 4.98 Å². The van der Waals surface area contributed by atoms with Crippen molar-refractivity contribution in [2.45, 2.75) is 51.8 Å². The van der Waals surface area contributed by atoms with Crippen LogP contribution in [0.1, 0.15) is 44.1 Å². The van der Waals surface area contributed by atoms with Crippen LogP contribution >= 0.6 is 0 Å². The molecule has 0 saturated heterocycles. The zero-order chi connectivity index (χ0) is 17.7. The van der Waals surface area contributed by atoms with E-state index in [1.54, 1.807) is 18.3 Å². The smallest absolute Gasteiger partial charge is 0.317 e. The lowest BCUT2D eigenvalue weighted by atomic mass is 9.85. The van der Waals surface area contributed by atoms with Crippen LogP contribution in [0, 0.1) is 0 Å². The van der Waals surface area contributed by atoms with Gasteiger partial charge in [-0.05, 0) is 45.4 Å². The Kier molecular flexibility index (Phi) is 6.14. The predicted octanol–water partition coefficient (Wildman–Crippen LogP) is 1.54. The number of nitrogens with one attached hydrogen (secondary N) is 1. The molecule has 7 nitrogen and oxygen atoms in total. The summed E-state index contributed by atoms with van der Waals surface area (Å²) in [6, 6.07) is 3.71. The molecule has 0 aromatic carbocycles. The maximum Gasteiger partial charge on any atom is 0.317 e. The summed E-state index contributed by atoms with van der Waals surface area (Å²) in [4.78, 5) is 29.3. The first-order chi connectivity index (χ1) is 11.4. The summed E-state index contributed by atoms with van der Waals surface area (Å²) in [6.45, 7) is 6.46. The van der Waals surface area contributed by atoms with E-state index in [0.717, 1.165) is 12.8 Å². The molecule has 1 aromatic heterocycles. The molecule has 0 spiro atoms. The number of likely N-dealkylation sites (N-methyl/N-ethyl adjacent to an activating group) is 1. The minimum absolute atomic E-state index is 0.0362. The summed E-state index contributed by atoms with van der Waals surface area (Å²) >= 11 is 0. The Labute approximate surface area is 142 Å². The molecule has 1 aliphatic rings. The van der Waals surface area contributed by atoms with Crippen LogP contribution in [-0.2, 0) is 4.79 Å². The topological polar surface area (TPSA) is 91.8 Å². The molecule has 0 bridgehead atoms. The van der Waals surface area contributed by atoms with E-state index in [9.17, 15) is 9.59 Å². The van der Waals surface area contributed by atoms with Gasteiger partial charge >= 0.3 is 5.97 Å². The van der Waals surface area contributed by atoms with Gasteiger partial charge < -0.3 is 15.2 Å². The van der Waals surface area contributed by atoms with Crippen LogP contribution in [-0.4, -0.2) is 58.1 Å². The van der Waals surface area contributed by atoms with Crippen LogP contribution < -0.4 is 10.1 Å². The van der Waals surface area contributed by atoms with Crippen LogP contribution in [0.4, 0.5) is 0 Å². The van der Waals surface area contributed by atoms with Crippen molar-refractivity contribution < 1.29 is 19.4 Å². The Morgan fingerprint density at radius 3 is 2.75 bits per heavy atom. The number of rotatable bonds is 8. The number of aliphatic carboxylic acids is 1. The third-order valence-electron chi connectivity index (χ3n) is 4.06. The van der Waals surface area contributed by atoms with E-state index in [0.29, 0.717) is 12.3 Å². The van der Waals surface area contributed by atoms with Crippen LogP contribution in [0.3, 0.4) is 0 Å². The first kappa shape index (κ1) is 18.2. The van der Waals surface area contributed by atoms with E-state index in [1.807, 2.05) is 25.7 Å². The van der Waals surface area contributed by atoms with Crippen molar-refractivity contribution in [3.63, 3.8) is 0 Å². The van der Waals surface area contributed by atoms with Crippen molar-refractivity contribution in [1.29, 1.82) is 0 Å². The highest BCUT2D eigenvalue weighted by Crippen LogP contribution is 2.26. The fourth-order valence-electron chi connectivity index (χ4n) is 2.84. The molecule has 132 valence electrons. The number of carbonyl (C=O) groups is 2. The molecule has 1 aromatic rings. The van der Waals surface area contributed by atoms with Gasteiger partial charge in [0.05, 0.1) is 12.6 Å². The summed E-state index contributed by atoms with van der Waals surface area (Å²) in [5.74, 6) is -0.605. The van der Waals surface area contributed by atoms with Gasteiger partial charge in [-0.15, -0.1) is 0 Å². The molecule has 7 heteroatoms. The van der Waals surface area contributed by atoms with Crippen LogP contribution in [0.2, 0.25) is 0 Å². The largest absolute Gasteiger partial charge is 0.489 e. The highest BCUT2D eigenvalue weighted by molar-refractivity contribution is 5.95. The quantitative estimate of drug-likeness (QED) is 0.749. The van der Waals surface area contributed by atoms with Crippen LogP contribution in [0.15, 0.2) is 18.3 Å². The predicted molar refractivity (Wildman–Crippen MR) is 89.2 cm³/mol. The Morgan fingerprint density at radius 2 is 2.17 bits per heavy atom. The normalized spacial score (nSPS) is 19.9. The van der Waals surface area contributed by atoms with Gasteiger partial charge in [0.25, 0.3) is 5.91 Å². The minimum Gasteiger partial charge on any atom is -0.489 e. The first-order valence-electron chi connectivity index (χ1n) is 8.29. The number of carboxylic acid groups (broad SMARTS) is 1. The van der Waals surface area contributed by atoms with Gasteiger partial charge in [-0.1, -0.05) is 6.92 Å². The fourth-order valence-corrected chi connectivity index (χ4v) is 2.84. The second kappa shape index (κ2) is 8.10. The third kappa shape index (κ3) is 4.67. The zero-order valence-electron chi connectivity index (χ0n) is 14.4.